The van der Waals surface area contributed by atoms with Crippen LogP contribution < -0.4 is 4.72 Å². The van der Waals surface area contributed by atoms with Gasteiger partial charge in [0.1, 0.15) is 0 Å². The van der Waals surface area contributed by atoms with Gasteiger partial charge in [-0.25, -0.2) is 22.5 Å². The highest BCUT2D eigenvalue weighted by molar-refractivity contribution is 7.89. The molecule has 0 saturated carbocycles. The molecule has 1 aromatic rings. The fraction of sp³-hybridized carbons (Fsp3) is 0.500. The van der Waals surface area contributed by atoms with E-state index >= 15 is 0 Å². The van der Waals surface area contributed by atoms with E-state index in [4.69, 9.17) is 0 Å². The van der Waals surface area contributed by atoms with Gasteiger partial charge in [0.25, 0.3) is 10.0 Å². The zero-order chi connectivity index (χ0) is 13.8. The molecule has 1 N–H and O–H groups in total. The maximum Gasteiger partial charge on any atom is 0.261 e. The molecule has 0 bridgehead atoms. The van der Waals surface area contributed by atoms with E-state index < -0.39 is 31.7 Å². The molecule has 0 aliphatic carbocycles. The second kappa shape index (κ2) is 6.35. The normalized spacial score (nSPS) is 15.3. The largest absolute Gasteiger partial charge is 0.261 e. The van der Waals surface area contributed by atoms with Crippen LogP contribution in [0.2, 0.25) is 0 Å². The molecule has 1 aromatic heterocycles. The van der Waals surface area contributed by atoms with Crippen LogP contribution in [-0.2, 0) is 20.8 Å². The van der Waals surface area contributed by atoms with Crippen LogP contribution in [0, 0.1) is 5.82 Å². The molecule has 1 heterocycles. The summed E-state index contributed by atoms with van der Waals surface area (Å²) < 4.78 is 50.0. The standard InChI is InChI=1S/C10H15FN2O3S2/c1-8(17(2)14)5-7-13-18(15,16)10-9(11)4-3-6-12-10/h3-4,6,8,13H,5,7H2,1-2H3. The van der Waals surface area contributed by atoms with E-state index in [-0.39, 0.29) is 11.8 Å². The minimum atomic E-state index is -3.95. The van der Waals surface area contributed by atoms with Crippen molar-refractivity contribution < 1.29 is 17.0 Å². The van der Waals surface area contributed by atoms with Crippen molar-refractivity contribution >= 4 is 20.8 Å². The molecular formula is C10H15FN2O3S2. The van der Waals surface area contributed by atoms with Crippen LogP contribution in [0.3, 0.4) is 0 Å². The minimum Gasteiger partial charge on any atom is -0.260 e. The Morgan fingerprint density at radius 2 is 2.22 bits per heavy atom. The summed E-state index contributed by atoms with van der Waals surface area (Å²) in [5.41, 5.74) is 0. The predicted octanol–water partition coefficient (Wildman–Crippen LogP) is 0.656. The van der Waals surface area contributed by atoms with Crippen molar-refractivity contribution in [3.8, 4) is 0 Å². The Morgan fingerprint density at radius 3 is 2.78 bits per heavy atom. The SMILES string of the molecule is CC(CCNS(=O)(=O)c1ncccc1F)S(C)=O. The molecule has 0 fully saturated rings. The number of aromatic nitrogens is 1. The van der Waals surface area contributed by atoms with Gasteiger partial charge >= 0.3 is 0 Å². The monoisotopic (exact) mass is 294 g/mol. The third-order valence-corrected chi connectivity index (χ3v) is 5.15. The van der Waals surface area contributed by atoms with Gasteiger partial charge in [0.2, 0.25) is 5.03 Å². The summed E-state index contributed by atoms with van der Waals surface area (Å²) in [5.74, 6) is -0.892. The third-order valence-electron chi connectivity index (χ3n) is 2.39. The van der Waals surface area contributed by atoms with E-state index in [0.29, 0.717) is 6.42 Å². The van der Waals surface area contributed by atoms with Crippen molar-refractivity contribution in [3.63, 3.8) is 0 Å². The number of hydrogen-bond donors (Lipinski definition) is 1. The van der Waals surface area contributed by atoms with Gasteiger partial charge in [-0.3, -0.25) is 4.21 Å². The van der Waals surface area contributed by atoms with Crippen molar-refractivity contribution in [1.29, 1.82) is 0 Å². The molecule has 5 nitrogen and oxygen atoms in total. The third kappa shape index (κ3) is 4.11. The second-order valence-electron chi connectivity index (χ2n) is 3.79. The van der Waals surface area contributed by atoms with Gasteiger partial charge in [-0.05, 0) is 18.6 Å². The van der Waals surface area contributed by atoms with Crippen LogP contribution in [0.1, 0.15) is 13.3 Å². The number of sulfonamides is 1. The highest BCUT2D eigenvalue weighted by Gasteiger charge is 2.20. The van der Waals surface area contributed by atoms with Gasteiger partial charge < -0.3 is 0 Å². The summed E-state index contributed by atoms with van der Waals surface area (Å²) >= 11 is 0. The quantitative estimate of drug-likeness (QED) is 0.836. The fourth-order valence-corrected chi connectivity index (χ4v) is 2.70. The number of nitrogens with one attached hydrogen (secondary N) is 1. The number of rotatable bonds is 6. The van der Waals surface area contributed by atoms with Gasteiger partial charge in [-0.2, -0.15) is 0 Å². The lowest BCUT2D eigenvalue weighted by atomic mass is 10.3. The smallest absolute Gasteiger partial charge is 0.260 e. The van der Waals surface area contributed by atoms with E-state index in [2.05, 4.69) is 9.71 Å². The van der Waals surface area contributed by atoms with Crippen molar-refractivity contribution in [2.24, 2.45) is 0 Å². The van der Waals surface area contributed by atoms with E-state index in [1.165, 1.54) is 12.3 Å². The molecule has 0 aliphatic rings. The molecule has 2 atom stereocenters. The van der Waals surface area contributed by atoms with Gasteiger partial charge in [0.05, 0.1) is 0 Å². The Morgan fingerprint density at radius 1 is 1.56 bits per heavy atom. The molecule has 0 amide bonds. The summed E-state index contributed by atoms with van der Waals surface area (Å²) in [7, 11) is -4.96. The Balaban J connectivity index is 2.67. The first-order valence-corrected chi connectivity index (χ1v) is 8.37. The summed E-state index contributed by atoms with van der Waals surface area (Å²) in [6.07, 6.45) is 3.18. The first-order chi connectivity index (χ1) is 8.34. The van der Waals surface area contributed by atoms with Crippen molar-refractivity contribution in [2.75, 3.05) is 12.8 Å². The summed E-state index contributed by atoms with van der Waals surface area (Å²) in [6.45, 7) is 1.85. The number of pyridine rings is 1. The van der Waals surface area contributed by atoms with Gasteiger partial charge in [0.15, 0.2) is 5.82 Å². The lowest BCUT2D eigenvalue weighted by Gasteiger charge is -2.09. The zero-order valence-electron chi connectivity index (χ0n) is 10.1. The maximum atomic E-state index is 13.3. The molecule has 0 aliphatic heterocycles. The Labute approximate surface area is 108 Å². The highest BCUT2D eigenvalue weighted by Crippen LogP contribution is 2.09. The van der Waals surface area contributed by atoms with Gasteiger partial charge in [0, 0.05) is 35.0 Å². The van der Waals surface area contributed by atoms with Crippen molar-refractivity contribution in [2.45, 2.75) is 23.6 Å². The van der Waals surface area contributed by atoms with Crippen LogP contribution in [0.4, 0.5) is 4.39 Å². The number of halogens is 1. The first-order valence-electron chi connectivity index (χ1n) is 5.27. The molecule has 1 rings (SSSR count). The zero-order valence-corrected chi connectivity index (χ0v) is 11.7. The molecule has 102 valence electrons. The van der Waals surface area contributed by atoms with Crippen LogP contribution in [-0.4, -0.2) is 35.7 Å². The average molecular weight is 294 g/mol. The molecule has 0 aromatic carbocycles. The van der Waals surface area contributed by atoms with Crippen LogP contribution in [0.15, 0.2) is 23.4 Å². The summed E-state index contributed by atoms with van der Waals surface area (Å²) in [4.78, 5) is 3.50. The van der Waals surface area contributed by atoms with E-state index in [9.17, 15) is 17.0 Å². The molecular weight excluding hydrogens is 279 g/mol. The van der Waals surface area contributed by atoms with Gasteiger partial charge in [-0.1, -0.05) is 6.92 Å². The maximum absolute atomic E-state index is 13.3. The van der Waals surface area contributed by atoms with Crippen LogP contribution in [0.5, 0.6) is 0 Å². The Hall–Kier alpha value is -0.860. The van der Waals surface area contributed by atoms with E-state index in [1.54, 1.807) is 13.2 Å². The molecule has 0 radical (unpaired) electrons. The Bertz CT molecular complexity index is 534. The predicted molar refractivity (Wildman–Crippen MR) is 67.5 cm³/mol. The molecule has 0 spiro atoms. The van der Waals surface area contributed by atoms with Crippen molar-refractivity contribution in [1.82, 2.24) is 9.71 Å². The number of hydrogen-bond acceptors (Lipinski definition) is 4. The molecule has 0 saturated heterocycles. The van der Waals surface area contributed by atoms with E-state index in [1.807, 2.05) is 0 Å². The lowest BCUT2D eigenvalue weighted by molar-refractivity contribution is 0.543. The average Bonchev–Trinajstić information content (AvgIpc) is 2.28. The Kier molecular flexibility index (Phi) is 5.36. The lowest BCUT2D eigenvalue weighted by Crippen LogP contribution is -2.29. The topological polar surface area (TPSA) is 76.1 Å². The highest BCUT2D eigenvalue weighted by atomic mass is 32.2. The minimum absolute atomic E-state index is 0.0963. The fourth-order valence-electron chi connectivity index (χ4n) is 1.20. The van der Waals surface area contributed by atoms with Crippen LogP contribution >= 0.6 is 0 Å². The van der Waals surface area contributed by atoms with Crippen molar-refractivity contribution in [3.05, 3.63) is 24.1 Å². The van der Waals surface area contributed by atoms with E-state index in [0.717, 1.165) is 6.07 Å². The molecule has 8 heteroatoms. The van der Waals surface area contributed by atoms with Crippen LogP contribution in [0.25, 0.3) is 0 Å². The first kappa shape index (κ1) is 15.2. The molecule has 18 heavy (non-hydrogen) atoms. The van der Waals surface area contributed by atoms with Gasteiger partial charge in [-0.15, -0.1) is 0 Å². The molecule has 2 unspecified atom stereocenters. The number of nitrogens with zero attached hydrogens (tertiary/aromatic N) is 1. The second-order valence-corrected chi connectivity index (χ2v) is 7.27. The summed E-state index contributed by atoms with van der Waals surface area (Å²) in [6, 6.07) is 2.35. The summed E-state index contributed by atoms with van der Waals surface area (Å²) in [5, 5.41) is -0.739.